The molecule has 0 bridgehead atoms. The third kappa shape index (κ3) is 3.77. The van der Waals surface area contributed by atoms with Gasteiger partial charge in [0.25, 0.3) is 5.69 Å². The first kappa shape index (κ1) is 15.4. The molecule has 2 aromatic carbocycles. The average Bonchev–Trinajstić information content (AvgIpc) is 2.42. The molecule has 0 saturated heterocycles. The molecule has 0 saturated carbocycles. The fourth-order valence-corrected chi connectivity index (χ4v) is 2.29. The zero-order chi connectivity index (χ0) is 15.4. The van der Waals surface area contributed by atoms with Gasteiger partial charge in [0, 0.05) is 22.6 Å². The molecule has 0 atom stereocenters. The van der Waals surface area contributed by atoms with E-state index in [9.17, 15) is 14.5 Å². The van der Waals surface area contributed by atoms with E-state index in [4.69, 9.17) is 4.74 Å². The summed E-state index contributed by atoms with van der Waals surface area (Å²) in [5.74, 6) is -0.275. The maximum Gasteiger partial charge on any atom is 0.274 e. The minimum atomic E-state index is -0.534. The number of benzene rings is 2. The van der Waals surface area contributed by atoms with Crippen molar-refractivity contribution < 1.29 is 14.1 Å². The number of nitro benzene ring substituents is 1. The van der Waals surface area contributed by atoms with E-state index in [0.717, 1.165) is 0 Å². The van der Waals surface area contributed by atoms with Crippen LogP contribution in [0.2, 0.25) is 0 Å². The number of rotatable bonds is 5. The van der Waals surface area contributed by atoms with Crippen LogP contribution in [-0.2, 0) is 6.54 Å². The van der Waals surface area contributed by atoms with Crippen LogP contribution in [0.5, 0.6) is 11.5 Å². The second-order valence-electron chi connectivity index (χ2n) is 4.26. The number of hydrogen-bond acceptors (Lipinski definition) is 4. The van der Waals surface area contributed by atoms with E-state index in [-0.39, 0.29) is 17.2 Å². The molecule has 0 aromatic heterocycles. The Kier molecular flexibility index (Phi) is 4.87. The Morgan fingerprint density at radius 1 is 1.38 bits per heavy atom. The number of nitro groups is 1. The maximum atomic E-state index is 13.9. The molecular weight excluding hydrogens is 343 g/mol. The van der Waals surface area contributed by atoms with Crippen LogP contribution in [0.1, 0.15) is 5.56 Å². The Bertz CT molecular complexity index is 679. The highest BCUT2D eigenvalue weighted by atomic mass is 79.9. The number of ether oxygens (including phenoxy) is 1. The molecule has 5 nitrogen and oxygen atoms in total. The summed E-state index contributed by atoms with van der Waals surface area (Å²) in [6.07, 6.45) is 0. The van der Waals surface area contributed by atoms with Crippen LogP contribution in [0.25, 0.3) is 0 Å². The molecule has 0 radical (unpaired) electrons. The van der Waals surface area contributed by atoms with Gasteiger partial charge in [-0.3, -0.25) is 10.1 Å². The topological polar surface area (TPSA) is 64.4 Å². The Hall–Kier alpha value is -1.99. The van der Waals surface area contributed by atoms with Crippen LogP contribution >= 0.6 is 15.9 Å². The van der Waals surface area contributed by atoms with Crippen molar-refractivity contribution in [3.8, 4) is 11.5 Å². The van der Waals surface area contributed by atoms with E-state index in [1.807, 2.05) is 0 Å². The van der Waals surface area contributed by atoms with Crippen molar-refractivity contribution in [3.63, 3.8) is 0 Å². The normalized spacial score (nSPS) is 10.4. The number of halogens is 2. The molecule has 7 heteroatoms. The van der Waals surface area contributed by atoms with Crippen molar-refractivity contribution in [2.45, 2.75) is 6.54 Å². The Labute approximate surface area is 129 Å². The lowest BCUT2D eigenvalue weighted by atomic mass is 10.2. The van der Waals surface area contributed by atoms with Gasteiger partial charge < -0.3 is 10.1 Å². The first-order valence-electron chi connectivity index (χ1n) is 6.06. The quantitative estimate of drug-likeness (QED) is 0.650. The highest BCUT2D eigenvalue weighted by Gasteiger charge is 2.14. The van der Waals surface area contributed by atoms with Crippen molar-refractivity contribution in [2.24, 2.45) is 0 Å². The highest BCUT2D eigenvalue weighted by molar-refractivity contribution is 9.10. The molecular formula is C14H12BrFN2O3. The molecule has 0 aliphatic rings. The van der Waals surface area contributed by atoms with Crippen LogP contribution in [0.3, 0.4) is 0 Å². The summed E-state index contributed by atoms with van der Waals surface area (Å²) in [6, 6.07) is 8.73. The molecule has 0 aliphatic heterocycles. The second kappa shape index (κ2) is 6.64. The maximum absolute atomic E-state index is 13.9. The summed E-state index contributed by atoms with van der Waals surface area (Å²) >= 11 is 3.17. The van der Waals surface area contributed by atoms with Gasteiger partial charge in [0.05, 0.1) is 11.0 Å². The molecule has 0 unspecified atom stereocenters. The summed E-state index contributed by atoms with van der Waals surface area (Å²) in [4.78, 5) is 10.3. The average molecular weight is 355 g/mol. The van der Waals surface area contributed by atoms with Gasteiger partial charge in [-0.25, -0.2) is 4.39 Å². The van der Waals surface area contributed by atoms with Crippen molar-refractivity contribution in [3.05, 3.63) is 62.4 Å². The van der Waals surface area contributed by atoms with Gasteiger partial charge in [-0.1, -0.05) is 28.1 Å². The van der Waals surface area contributed by atoms with Crippen molar-refractivity contribution >= 4 is 21.6 Å². The summed E-state index contributed by atoms with van der Waals surface area (Å²) < 4.78 is 19.9. The number of nitrogens with zero attached hydrogens (tertiary/aromatic N) is 1. The lowest BCUT2D eigenvalue weighted by Crippen LogP contribution is -2.07. The summed E-state index contributed by atoms with van der Waals surface area (Å²) in [7, 11) is 1.73. The minimum absolute atomic E-state index is 0.0549. The number of para-hydroxylation sites is 1. The monoisotopic (exact) mass is 354 g/mol. The summed E-state index contributed by atoms with van der Waals surface area (Å²) in [5, 5.41) is 13.8. The predicted octanol–water partition coefficient (Wildman–Crippen LogP) is 4.01. The van der Waals surface area contributed by atoms with Gasteiger partial charge in [-0.15, -0.1) is 0 Å². The van der Waals surface area contributed by atoms with Crippen LogP contribution in [-0.4, -0.2) is 12.0 Å². The molecule has 0 spiro atoms. The SMILES string of the molecule is CNCc1cccc(F)c1Oc1cc(Br)cc([N+](=O)[O-])c1. The van der Waals surface area contributed by atoms with Gasteiger partial charge in [0.2, 0.25) is 0 Å². The van der Waals surface area contributed by atoms with Crippen LogP contribution < -0.4 is 10.1 Å². The third-order valence-corrected chi connectivity index (χ3v) is 3.16. The van der Waals surface area contributed by atoms with Crippen molar-refractivity contribution in [1.29, 1.82) is 0 Å². The van der Waals surface area contributed by atoms with E-state index in [2.05, 4.69) is 21.2 Å². The van der Waals surface area contributed by atoms with E-state index in [1.165, 1.54) is 18.2 Å². The predicted molar refractivity (Wildman–Crippen MR) is 80.0 cm³/mol. The Balaban J connectivity index is 2.40. The fraction of sp³-hybridized carbons (Fsp3) is 0.143. The smallest absolute Gasteiger partial charge is 0.274 e. The molecule has 0 aliphatic carbocycles. The Morgan fingerprint density at radius 3 is 2.81 bits per heavy atom. The van der Waals surface area contributed by atoms with Gasteiger partial charge in [0.15, 0.2) is 11.6 Å². The zero-order valence-electron chi connectivity index (χ0n) is 11.1. The fourth-order valence-electron chi connectivity index (χ4n) is 1.83. The molecule has 0 fully saturated rings. The Morgan fingerprint density at radius 2 is 2.14 bits per heavy atom. The first-order chi connectivity index (χ1) is 10.0. The van der Waals surface area contributed by atoms with Gasteiger partial charge >= 0.3 is 0 Å². The largest absolute Gasteiger partial charge is 0.454 e. The summed E-state index contributed by atoms with van der Waals surface area (Å²) in [5.41, 5.74) is 0.492. The number of non-ortho nitro benzene ring substituents is 1. The number of hydrogen-bond donors (Lipinski definition) is 1. The molecule has 2 rings (SSSR count). The highest BCUT2D eigenvalue weighted by Crippen LogP contribution is 2.32. The van der Waals surface area contributed by atoms with E-state index in [1.54, 1.807) is 25.2 Å². The van der Waals surface area contributed by atoms with Gasteiger partial charge in [-0.05, 0) is 19.2 Å². The molecule has 2 aromatic rings. The second-order valence-corrected chi connectivity index (χ2v) is 5.18. The molecule has 1 N–H and O–H groups in total. The van der Waals surface area contributed by atoms with Gasteiger partial charge in [-0.2, -0.15) is 0 Å². The first-order valence-corrected chi connectivity index (χ1v) is 6.85. The van der Waals surface area contributed by atoms with Crippen LogP contribution in [0, 0.1) is 15.9 Å². The van der Waals surface area contributed by atoms with E-state index >= 15 is 0 Å². The van der Waals surface area contributed by atoms with Gasteiger partial charge in [0.1, 0.15) is 5.75 Å². The zero-order valence-corrected chi connectivity index (χ0v) is 12.7. The minimum Gasteiger partial charge on any atom is -0.454 e. The number of nitrogens with one attached hydrogen (secondary N) is 1. The third-order valence-electron chi connectivity index (χ3n) is 2.70. The van der Waals surface area contributed by atoms with E-state index in [0.29, 0.717) is 16.6 Å². The van der Waals surface area contributed by atoms with Crippen LogP contribution in [0.4, 0.5) is 10.1 Å². The van der Waals surface area contributed by atoms with Crippen LogP contribution in [0.15, 0.2) is 40.9 Å². The lowest BCUT2D eigenvalue weighted by molar-refractivity contribution is -0.385. The molecule has 0 heterocycles. The lowest BCUT2D eigenvalue weighted by Gasteiger charge is -2.12. The molecule has 110 valence electrons. The molecule has 21 heavy (non-hydrogen) atoms. The van der Waals surface area contributed by atoms with Crippen molar-refractivity contribution in [1.82, 2.24) is 5.32 Å². The standard InChI is InChI=1S/C14H12BrFN2O3/c1-17-8-9-3-2-4-13(16)14(9)21-12-6-10(15)5-11(7-12)18(19)20/h2-7,17H,8H2,1H3. The molecule has 0 amide bonds. The summed E-state index contributed by atoms with van der Waals surface area (Å²) in [6.45, 7) is 0.420. The van der Waals surface area contributed by atoms with E-state index < -0.39 is 10.7 Å². The van der Waals surface area contributed by atoms with Crippen molar-refractivity contribution in [2.75, 3.05) is 7.05 Å².